The van der Waals surface area contributed by atoms with Gasteiger partial charge in [0.05, 0.1) is 7.11 Å². The second-order valence-corrected chi connectivity index (χ2v) is 3.20. The Bertz CT molecular complexity index is 245. The number of aryl methyl sites for hydroxylation is 1. The van der Waals surface area contributed by atoms with Crippen LogP contribution in [0.2, 0.25) is 0 Å². The van der Waals surface area contributed by atoms with Gasteiger partial charge in [0.1, 0.15) is 5.75 Å². The Morgan fingerprint density at radius 3 is 2.73 bits per heavy atom. The van der Waals surface area contributed by atoms with E-state index in [1.807, 2.05) is 0 Å². The number of halogens is 1. The SMILES string of the molecule is COc1cc(CI)ccc1C. The van der Waals surface area contributed by atoms with E-state index in [2.05, 4.69) is 47.7 Å². The number of benzene rings is 1. The zero-order chi connectivity index (χ0) is 8.27. The Morgan fingerprint density at radius 1 is 1.45 bits per heavy atom. The van der Waals surface area contributed by atoms with E-state index in [4.69, 9.17) is 4.74 Å². The van der Waals surface area contributed by atoms with Crippen LogP contribution >= 0.6 is 22.6 Å². The van der Waals surface area contributed by atoms with E-state index < -0.39 is 0 Å². The molecule has 0 bridgehead atoms. The molecule has 0 heterocycles. The van der Waals surface area contributed by atoms with Crippen LogP contribution in [0.4, 0.5) is 0 Å². The van der Waals surface area contributed by atoms with Crippen molar-refractivity contribution >= 4 is 22.6 Å². The minimum absolute atomic E-state index is 0.985. The van der Waals surface area contributed by atoms with Gasteiger partial charge in [-0.1, -0.05) is 34.7 Å². The lowest BCUT2D eigenvalue weighted by molar-refractivity contribution is 0.411. The molecule has 0 aliphatic rings. The summed E-state index contributed by atoms with van der Waals surface area (Å²) in [5.74, 6) is 0.985. The molecular formula is C9H11IO. The van der Waals surface area contributed by atoms with E-state index >= 15 is 0 Å². The average Bonchev–Trinajstić information content (AvgIpc) is 2.05. The van der Waals surface area contributed by atoms with Gasteiger partial charge in [-0.05, 0) is 24.1 Å². The van der Waals surface area contributed by atoms with E-state index in [9.17, 15) is 0 Å². The van der Waals surface area contributed by atoms with Gasteiger partial charge in [0.15, 0.2) is 0 Å². The number of rotatable bonds is 2. The smallest absolute Gasteiger partial charge is 0.122 e. The summed E-state index contributed by atoms with van der Waals surface area (Å²) < 4.78 is 6.22. The Labute approximate surface area is 80.9 Å². The van der Waals surface area contributed by atoms with Gasteiger partial charge < -0.3 is 4.74 Å². The van der Waals surface area contributed by atoms with Crippen LogP contribution in [0.25, 0.3) is 0 Å². The Balaban J connectivity index is 3.02. The van der Waals surface area contributed by atoms with Gasteiger partial charge in [-0.15, -0.1) is 0 Å². The zero-order valence-electron chi connectivity index (χ0n) is 6.73. The lowest BCUT2D eigenvalue weighted by Crippen LogP contribution is -1.88. The van der Waals surface area contributed by atoms with E-state index in [0.717, 1.165) is 10.2 Å². The van der Waals surface area contributed by atoms with Crippen LogP contribution in [-0.4, -0.2) is 7.11 Å². The summed E-state index contributed by atoms with van der Waals surface area (Å²) in [6.45, 7) is 2.05. The van der Waals surface area contributed by atoms with Gasteiger partial charge in [-0.25, -0.2) is 0 Å². The molecule has 11 heavy (non-hydrogen) atoms. The van der Waals surface area contributed by atoms with Gasteiger partial charge in [0.25, 0.3) is 0 Å². The van der Waals surface area contributed by atoms with Crippen molar-refractivity contribution in [3.63, 3.8) is 0 Å². The number of methoxy groups -OCH3 is 1. The van der Waals surface area contributed by atoms with Crippen LogP contribution in [0.1, 0.15) is 11.1 Å². The zero-order valence-corrected chi connectivity index (χ0v) is 8.88. The maximum Gasteiger partial charge on any atom is 0.122 e. The molecule has 0 aliphatic heterocycles. The van der Waals surface area contributed by atoms with Crippen molar-refractivity contribution in [1.82, 2.24) is 0 Å². The van der Waals surface area contributed by atoms with Gasteiger partial charge in [0.2, 0.25) is 0 Å². The number of hydrogen-bond acceptors (Lipinski definition) is 1. The first-order chi connectivity index (χ1) is 5.27. The Morgan fingerprint density at radius 2 is 2.18 bits per heavy atom. The van der Waals surface area contributed by atoms with Crippen molar-refractivity contribution < 1.29 is 4.74 Å². The fourth-order valence-electron chi connectivity index (χ4n) is 0.948. The molecule has 0 atom stereocenters. The summed E-state index contributed by atoms with van der Waals surface area (Å²) >= 11 is 2.34. The molecule has 0 N–H and O–H groups in total. The van der Waals surface area contributed by atoms with Gasteiger partial charge >= 0.3 is 0 Å². The fraction of sp³-hybridized carbons (Fsp3) is 0.333. The first kappa shape index (κ1) is 8.84. The number of ether oxygens (including phenoxy) is 1. The summed E-state index contributed by atoms with van der Waals surface area (Å²) in [4.78, 5) is 0. The highest BCUT2D eigenvalue weighted by Gasteiger charge is 1.97. The maximum absolute atomic E-state index is 5.18. The minimum Gasteiger partial charge on any atom is -0.496 e. The summed E-state index contributed by atoms with van der Waals surface area (Å²) in [6.07, 6.45) is 0. The number of alkyl halides is 1. The van der Waals surface area contributed by atoms with Gasteiger partial charge in [-0.2, -0.15) is 0 Å². The monoisotopic (exact) mass is 262 g/mol. The molecule has 0 aromatic heterocycles. The third kappa shape index (κ3) is 2.09. The Kier molecular flexibility index (Phi) is 3.17. The predicted octanol–water partition coefficient (Wildman–Crippen LogP) is 2.94. The van der Waals surface area contributed by atoms with Crippen LogP contribution in [0.5, 0.6) is 5.75 Å². The van der Waals surface area contributed by atoms with E-state index in [1.54, 1.807) is 7.11 Å². The van der Waals surface area contributed by atoms with Crippen molar-refractivity contribution in [2.24, 2.45) is 0 Å². The molecular weight excluding hydrogens is 251 g/mol. The third-order valence-corrected chi connectivity index (χ3v) is 2.51. The maximum atomic E-state index is 5.18. The van der Waals surface area contributed by atoms with Crippen molar-refractivity contribution in [1.29, 1.82) is 0 Å². The molecule has 0 unspecified atom stereocenters. The topological polar surface area (TPSA) is 9.23 Å². The molecule has 0 radical (unpaired) electrons. The van der Waals surface area contributed by atoms with Crippen LogP contribution in [0.3, 0.4) is 0 Å². The summed E-state index contributed by atoms with van der Waals surface area (Å²) in [5, 5.41) is 0. The van der Waals surface area contributed by atoms with E-state index in [0.29, 0.717) is 0 Å². The molecule has 0 aliphatic carbocycles. The molecule has 0 saturated heterocycles. The van der Waals surface area contributed by atoms with E-state index in [-0.39, 0.29) is 0 Å². The van der Waals surface area contributed by atoms with Crippen molar-refractivity contribution in [3.8, 4) is 5.75 Å². The van der Waals surface area contributed by atoms with Crippen LogP contribution in [0.15, 0.2) is 18.2 Å². The summed E-state index contributed by atoms with van der Waals surface area (Å²) in [7, 11) is 1.71. The average molecular weight is 262 g/mol. The predicted molar refractivity (Wildman–Crippen MR) is 55.5 cm³/mol. The van der Waals surface area contributed by atoms with E-state index in [1.165, 1.54) is 11.1 Å². The lowest BCUT2D eigenvalue weighted by Gasteiger charge is -2.04. The molecule has 0 saturated carbocycles. The summed E-state index contributed by atoms with van der Waals surface area (Å²) in [5.41, 5.74) is 2.51. The van der Waals surface area contributed by atoms with Crippen LogP contribution in [-0.2, 0) is 4.43 Å². The van der Waals surface area contributed by atoms with Crippen LogP contribution in [0, 0.1) is 6.92 Å². The third-order valence-electron chi connectivity index (χ3n) is 1.63. The largest absolute Gasteiger partial charge is 0.496 e. The van der Waals surface area contributed by atoms with Crippen LogP contribution < -0.4 is 4.74 Å². The molecule has 2 heteroatoms. The van der Waals surface area contributed by atoms with Gasteiger partial charge in [-0.3, -0.25) is 0 Å². The molecule has 0 fully saturated rings. The molecule has 0 amide bonds. The van der Waals surface area contributed by atoms with Crippen molar-refractivity contribution in [3.05, 3.63) is 29.3 Å². The first-order valence-corrected chi connectivity index (χ1v) is 5.00. The molecule has 60 valence electrons. The molecule has 1 aromatic carbocycles. The normalized spacial score (nSPS) is 9.73. The number of hydrogen-bond donors (Lipinski definition) is 0. The second kappa shape index (κ2) is 3.95. The second-order valence-electron chi connectivity index (χ2n) is 2.44. The molecule has 1 rings (SSSR count). The summed E-state index contributed by atoms with van der Waals surface area (Å²) in [6, 6.07) is 6.30. The van der Waals surface area contributed by atoms with Gasteiger partial charge in [0, 0.05) is 4.43 Å². The standard InChI is InChI=1S/C9H11IO/c1-7-3-4-8(6-10)5-9(7)11-2/h3-5H,6H2,1-2H3. The first-order valence-electron chi connectivity index (χ1n) is 3.47. The lowest BCUT2D eigenvalue weighted by atomic mass is 10.1. The molecule has 1 aromatic rings. The molecule has 0 spiro atoms. The highest BCUT2D eigenvalue weighted by Crippen LogP contribution is 2.20. The van der Waals surface area contributed by atoms with Crippen molar-refractivity contribution in [2.75, 3.05) is 7.11 Å². The Hall–Kier alpha value is -0.250. The highest BCUT2D eigenvalue weighted by atomic mass is 127. The van der Waals surface area contributed by atoms with Crippen molar-refractivity contribution in [2.45, 2.75) is 11.4 Å². The quantitative estimate of drug-likeness (QED) is 0.588. The minimum atomic E-state index is 0.985. The molecule has 1 nitrogen and oxygen atoms in total. The highest BCUT2D eigenvalue weighted by molar-refractivity contribution is 14.1. The fourth-order valence-corrected chi connectivity index (χ4v) is 1.42.